The maximum Gasteiger partial charge on any atom is 0.240 e. The van der Waals surface area contributed by atoms with Gasteiger partial charge in [-0.2, -0.15) is 0 Å². The van der Waals surface area contributed by atoms with Crippen molar-refractivity contribution >= 4 is 15.7 Å². The van der Waals surface area contributed by atoms with Crippen molar-refractivity contribution in [3.8, 4) is 0 Å². The number of hydrogen-bond acceptors (Lipinski definition) is 5. The van der Waals surface area contributed by atoms with Gasteiger partial charge in [-0.25, -0.2) is 13.1 Å². The van der Waals surface area contributed by atoms with Crippen molar-refractivity contribution in [3.05, 3.63) is 24.3 Å². The van der Waals surface area contributed by atoms with Gasteiger partial charge in [0.25, 0.3) is 0 Å². The third-order valence-corrected chi connectivity index (χ3v) is 4.87. The summed E-state index contributed by atoms with van der Waals surface area (Å²) in [5, 5.41) is 9.15. The average Bonchev–Trinajstić information content (AvgIpc) is 2.53. The van der Waals surface area contributed by atoms with E-state index in [0.29, 0.717) is 19.7 Å². The molecule has 0 aromatic heterocycles. The molecule has 1 aromatic carbocycles. The predicted molar refractivity (Wildman–Crippen MR) is 81.0 cm³/mol. The fourth-order valence-electron chi connectivity index (χ4n) is 2.22. The number of ether oxygens (including phenoxy) is 1. The van der Waals surface area contributed by atoms with Crippen molar-refractivity contribution < 1.29 is 18.3 Å². The highest BCUT2D eigenvalue weighted by atomic mass is 32.2. The fourth-order valence-corrected chi connectivity index (χ4v) is 3.35. The normalized spacial score (nSPS) is 19.7. The van der Waals surface area contributed by atoms with Crippen LogP contribution in [0.1, 0.15) is 13.3 Å². The maximum absolute atomic E-state index is 12.0. The van der Waals surface area contributed by atoms with Crippen LogP contribution in [0.4, 0.5) is 5.69 Å². The lowest BCUT2D eigenvalue weighted by atomic mass is 10.2. The number of morpholine rings is 1. The standard InChI is InChI=1S/C14H22N2O4S/c1-2-7-15-21(18,19)14-5-3-12(4-6-14)16-8-9-20-13(10-16)11-17/h3-6,13,15,17H,2,7-11H2,1H3. The third kappa shape index (κ3) is 4.16. The van der Waals surface area contributed by atoms with E-state index in [-0.39, 0.29) is 17.6 Å². The van der Waals surface area contributed by atoms with E-state index in [9.17, 15) is 8.42 Å². The number of hydrogen-bond donors (Lipinski definition) is 2. The lowest BCUT2D eigenvalue weighted by Crippen LogP contribution is -2.44. The number of benzene rings is 1. The fraction of sp³-hybridized carbons (Fsp3) is 0.571. The smallest absolute Gasteiger partial charge is 0.240 e. The van der Waals surface area contributed by atoms with Crippen LogP contribution < -0.4 is 9.62 Å². The molecule has 1 aliphatic heterocycles. The SMILES string of the molecule is CCCNS(=O)(=O)c1ccc(N2CCOC(CO)C2)cc1. The predicted octanol–water partition coefficient (Wildman–Crippen LogP) is 0.572. The summed E-state index contributed by atoms with van der Waals surface area (Å²) in [6.45, 7) is 4.24. The molecule has 0 bridgehead atoms. The molecule has 0 spiro atoms. The number of aliphatic hydroxyl groups is 1. The summed E-state index contributed by atoms with van der Waals surface area (Å²) in [4.78, 5) is 2.35. The monoisotopic (exact) mass is 314 g/mol. The number of anilines is 1. The molecule has 6 nitrogen and oxygen atoms in total. The van der Waals surface area contributed by atoms with Crippen LogP contribution in [-0.4, -0.2) is 52.5 Å². The first-order valence-electron chi connectivity index (χ1n) is 7.14. The van der Waals surface area contributed by atoms with Gasteiger partial charge >= 0.3 is 0 Å². The second-order valence-corrected chi connectivity index (χ2v) is 6.78. The Hall–Kier alpha value is -1.15. The Morgan fingerprint density at radius 2 is 2.10 bits per heavy atom. The van der Waals surface area contributed by atoms with Crippen molar-refractivity contribution in [1.82, 2.24) is 4.72 Å². The zero-order valence-corrected chi connectivity index (χ0v) is 13.0. The molecule has 21 heavy (non-hydrogen) atoms. The minimum absolute atomic E-state index is 0.0100. The maximum atomic E-state index is 12.0. The molecule has 0 aliphatic carbocycles. The second-order valence-electron chi connectivity index (χ2n) is 5.01. The average molecular weight is 314 g/mol. The molecule has 1 aliphatic rings. The third-order valence-electron chi connectivity index (χ3n) is 3.40. The first-order chi connectivity index (χ1) is 10.1. The summed E-state index contributed by atoms with van der Waals surface area (Å²) in [6.07, 6.45) is 0.571. The molecule has 1 heterocycles. The summed E-state index contributed by atoms with van der Waals surface area (Å²) in [5.74, 6) is 0. The van der Waals surface area contributed by atoms with Crippen LogP contribution in [0.25, 0.3) is 0 Å². The van der Waals surface area contributed by atoms with Gasteiger partial charge in [-0.3, -0.25) is 0 Å². The minimum Gasteiger partial charge on any atom is -0.394 e. The van der Waals surface area contributed by atoms with Crippen LogP contribution in [0.15, 0.2) is 29.2 Å². The van der Waals surface area contributed by atoms with E-state index >= 15 is 0 Å². The van der Waals surface area contributed by atoms with Crippen LogP contribution in [0, 0.1) is 0 Å². The summed E-state index contributed by atoms with van der Waals surface area (Å²) in [5.41, 5.74) is 0.936. The number of sulfonamides is 1. The lowest BCUT2D eigenvalue weighted by Gasteiger charge is -2.33. The zero-order chi connectivity index (χ0) is 15.3. The van der Waals surface area contributed by atoms with Crippen molar-refractivity contribution in [3.63, 3.8) is 0 Å². The molecule has 0 saturated carbocycles. The second kappa shape index (κ2) is 7.22. The molecule has 1 atom stereocenters. The Labute approximate surface area is 125 Å². The molecule has 2 N–H and O–H groups in total. The van der Waals surface area contributed by atoms with Gasteiger partial charge in [-0.15, -0.1) is 0 Å². The summed E-state index contributed by atoms with van der Waals surface area (Å²) in [7, 11) is -3.42. The van der Waals surface area contributed by atoms with E-state index in [0.717, 1.165) is 18.7 Å². The Balaban J connectivity index is 2.08. The van der Waals surface area contributed by atoms with E-state index in [1.165, 1.54) is 0 Å². The van der Waals surface area contributed by atoms with Gasteiger partial charge in [0.1, 0.15) is 0 Å². The van der Waals surface area contributed by atoms with E-state index in [2.05, 4.69) is 9.62 Å². The molecular weight excluding hydrogens is 292 g/mol. The van der Waals surface area contributed by atoms with Crippen molar-refractivity contribution in [2.24, 2.45) is 0 Å². The van der Waals surface area contributed by atoms with Gasteiger partial charge in [0.05, 0.1) is 24.2 Å². The highest BCUT2D eigenvalue weighted by Gasteiger charge is 2.20. The van der Waals surface area contributed by atoms with Gasteiger partial charge in [0, 0.05) is 25.3 Å². The largest absolute Gasteiger partial charge is 0.394 e. The van der Waals surface area contributed by atoms with Crippen molar-refractivity contribution in [2.45, 2.75) is 24.3 Å². The van der Waals surface area contributed by atoms with Crippen LogP contribution >= 0.6 is 0 Å². The molecule has 0 amide bonds. The van der Waals surface area contributed by atoms with E-state index < -0.39 is 10.0 Å². The van der Waals surface area contributed by atoms with Gasteiger partial charge in [0.15, 0.2) is 0 Å². The number of nitrogens with zero attached hydrogens (tertiary/aromatic N) is 1. The summed E-state index contributed by atoms with van der Waals surface area (Å²) < 4.78 is 31.9. The van der Waals surface area contributed by atoms with E-state index in [1.807, 2.05) is 6.92 Å². The summed E-state index contributed by atoms with van der Waals surface area (Å²) >= 11 is 0. The lowest BCUT2D eigenvalue weighted by molar-refractivity contribution is 0.00356. The first-order valence-corrected chi connectivity index (χ1v) is 8.62. The molecule has 7 heteroatoms. The van der Waals surface area contributed by atoms with Gasteiger partial charge in [0.2, 0.25) is 10.0 Å². The highest BCUT2D eigenvalue weighted by Crippen LogP contribution is 2.20. The molecule has 1 aromatic rings. The van der Waals surface area contributed by atoms with Crippen LogP contribution in [-0.2, 0) is 14.8 Å². The molecule has 1 saturated heterocycles. The van der Waals surface area contributed by atoms with Gasteiger partial charge in [-0.1, -0.05) is 6.92 Å². The van der Waals surface area contributed by atoms with Crippen LogP contribution in [0.5, 0.6) is 0 Å². The Morgan fingerprint density at radius 3 is 2.71 bits per heavy atom. The Kier molecular flexibility index (Phi) is 5.58. The Morgan fingerprint density at radius 1 is 1.38 bits per heavy atom. The van der Waals surface area contributed by atoms with E-state index in [4.69, 9.17) is 9.84 Å². The molecule has 1 unspecified atom stereocenters. The quantitative estimate of drug-likeness (QED) is 0.803. The molecule has 2 rings (SSSR count). The minimum atomic E-state index is -3.42. The van der Waals surface area contributed by atoms with Crippen molar-refractivity contribution in [2.75, 3.05) is 37.7 Å². The molecule has 1 fully saturated rings. The topological polar surface area (TPSA) is 78.9 Å². The van der Waals surface area contributed by atoms with Crippen LogP contribution in [0.3, 0.4) is 0 Å². The highest BCUT2D eigenvalue weighted by molar-refractivity contribution is 7.89. The first kappa shape index (κ1) is 16.2. The Bertz CT molecular complexity index is 545. The number of rotatable bonds is 6. The van der Waals surface area contributed by atoms with Gasteiger partial charge in [-0.05, 0) is 30.7 Å². The summed E-state index contributed by atoms with van der Waals surface area (Å²) in [6, 6.07) is 6.80. The van der Waals surface area contributed by atoms with Crippen molar-refractivity contribution in [1.29, 1.82) is 0 Å². The molecular formula is C14H22N2O4S. The number of nitrogens with one attached hydrogen (secondary N) is 1. The van der Waals surface area contributed by atoms with Gasteiger partial charge < -0.3 is 14.7 Å². The van der Waals surface area contributed by atoms with Crippen LogP contribution in [0.2, 0.25) is 0 Å². The molecule has 0 radical (unpaired) electrons. The molecule has 118 valence electrons. The van der Waals surface area contributed by atoms with E-state index in [1.54, 1.807) is 24.3 Å². The number of aliphatic hydroxyl groups excluding tert-OH is 1. The zero-order valence-electron chi connectivity index (χ0n) is 12.2.